The summed E-state index contributed by atoms with van der Waals surface area (Å²) in [5.74, 6) is -2.30. The predicted octanol–water partition coefficient (Wildman–Crippen LogP) is 4.83. The minimum absolute atomic E-state index is 0.0647. The van der Waals surface area contributed by atoms with Crippen LogP contribution in [0.25, 0.3) is 11.0 Å². The Kier molecular flexibility index (Phi) is 4.03. The van der Waals surface area contributed by atoms with E-state index in [0.717, 1.165) is 6.07 Å². The molecule has 1 aliphatic carbocycles. The molecule has 6 rings (SSSR count). The summed E-state index contributed by atoms with van der Waals surface area (Å²) in [6, 6.07) is 5.12. The molecule has 2 aliphatic heterocycles. The number of hydrogen-bond acceptors (Lipinski definition) is 4. The van der Waals surface area contributed by atoms with Crippen LogP contribution in [0.5, 0.6) is 0 Å². The van der Waals surface area contributed by atoms with Gasteiger partial charge in [0.1, 0.15) is 22.6 Å². The van der Waals surface area contributed by atoms with E-state index in [9.17, 15) is 22.8 Å². The second-order valence-corrected chi connectivity index (χ2v) is 9.10. The summed E-state index contributed by atoms with van der Waals surface area (Å²) in [5, 5.41) is 0.360. The Bertz CT molecular complexity index is 1490. The first-order valence-corrected chi connectivity index (χ1v) is 10.7. The van der Waals surface area contributed by atoms with Crippen LogP contribution in [-0.4, -0.2) is 20.9 Å². The lowest BCUT2D eigenvalue weighted by molar-refractivity contribution is -0.153. The van der Waals surface area contributed by atoms with E-state index in [0.29, 0.717) is 16.7 Å². The maximum atomic E-state index is 15.5. The standard InChI is InChI=1S/C24H18F4N2O4/c1-22-7-2-3-15(25)19(22)23(8-9-29-17(23)11-16-14(20(29)31)6-10-33-16)21(32)30(22)12-13-4-5-18(34-13)24(26,27)28/h2-6,10-11H,7-9,12H2,1H3. The Morgan fingerprint density at radius 2 is 1.97 bits per heavy atom. The van der Waals surface area contributed by atoms with Gasteiger partial charge in [-0.1, -0.05) is 6.08 Å². The molecule has 176 valence electrons. The van der Waals surface area contributed by atoms with E-state index < -0.39 is 34.6 Å². The third-order valence-corrected chi connectivity index (χ3v) is 7.32. The zero-order valence-corrected chi connectivity index (χ0v) is 17.9. The molecule has 6 nitrogen and oxygen atoms in total. The summed E-state index contributed by atoms with van der Waals surface area (Å²) >= 11 is 0. The second kappa shape index (κ2) is 6.52. The van der Waals surface area contributed by atoms with Gasteiger partial charge in [-0.2, -0.15) is 13.2 Å². The number of likely N-dealkylation sites (tertiary alicyclic amines) is 1. The topological polar surface area (TPSA) is 68.6 Å². The van der Waals surface area contributed by atoms with Crippen molar-refractivity contribution in [2.45, 2.75) is 50.0 Å². The van der Waals surface area contributed by atoms with Crippen LogP contribution in [0, 0.1) is 0 Å². The average molecular weight is 474 g/mol. The first-order chi connectivity index (χ1) is 16.1. The van der Waals surface area contributed by atoms with E-state index >= 15 is 4.39 Å². The number of hydrogen-bond donors (Lipinski definition) is 0. The molecule has 3 aromatic heterocycles. The minimum Gasteiger partial charge on any atom is -0.464 e. The summed E-state index contributed by atoms with van der Waals surface area (Å²) in [6.07, 6.45) is 0.0318. The van der Waals surface area contributed by atoms with Crippen LogP contribution < -0.4 is 5.56 Å². The smallest absolute Gasteiger partial charge is 0.449 e. The molecule has 0 saturated carbocycles. The number of carbonyl (C=O) groups is 1. The number of fused-ring (bicyclic) bond motifs is 5. The lowest BCUT2D eigenvalue weighted by atomic mass is 9.69. The molecule has 34 heavy (non-hydrogen) atoms. The van der Waals surface area contributed by atoms with Crippen molar-refractivity contribution < 1.29 is 31.2 Å². The maximum absolute atomic E-state index is 15.5. The highest BCUT2D eigenvalue weighted by Gasteiger charge is 2.66. The van der Waals surface area contributed by atoms with Gasteiger partial charge in [-0.15, -0.1) is 0 Å². The molecule has 0 radical (unpaired) electrons. The summed E-state index contributed by atoms with van der Waals surface area (Å²) in [6.45, 7) is 1.62. The Hall–Kier alpha value is -3.56. The van der Waals surface area contributed by atoms with Gasteiger partial charge in [-0.25, -0.2) is 4.39 Å². The molecule has 1 amide bonds. The molecule has 0 aromatic carbocycles. The highest BCUT2D eigenvalue weighted by atomic mass is 19.4. The molecule has 5 heterocycles. The van der Waals surface area contributed by atoms with E-state index in [2.05, 4.69) is 0 Å². The summed E-state index contributed by atoms with van der Waals surface area (Å²) in [7, 11) is 0. The zero-order chi connectivity index (χ0) is 24.0. The number of nitrogens with zero attached hydrogens (tertiary/aromatic N) is 2. The molecule has 1 spiro atoms. The Morgan fingerprint density at radius 3 is 2.71 bits per heavy atom. The maximum Gasteiger partial charge on any atom is 0.449 e. The van der Waals surface area contributed by atoms with Crippen molar-refractivity contribution in [3.8, 4) is 0 Å². The van der Waals surface area contributed by atoms with Crippen LogP contribution in [0.4, 0.5) is 17.6 Å². The van der Waals surface area contributed by atoms with Crippen LogP contribution in [-0.2, 0) is 29.5 Å². The predicted molar refractivity (Wildman–Crippen MR) is 111 cm³/mol. The number of furan rings is 2. The Labute approximate surface area is 189 Å². The first kappa shape index (κ1) is 21.0. The molecule has 0 bridgehead atoms. The van der Waals surface area contributed by atoms with Crippen LogP contribution in [0.15, 0.2) is 67.7 Å². The van der Waals surface area contributed by atoms with Crippen molar-refractivity contribution >= 4 is 16.9 Å². The molecular formula is C24H18F4N2O4. The number of halogens is 4. The third kappa shape index (κ3) is 2.51. The SMILES string of the molecule is CC12CC=CC(F)=C1C1(CCn3c1cc1occc1c3=O)C(=O)N2Cc1ccc(C(F)(F)F)o1. The van der Waals surface area contributed by atoms with Crippen molar-refractivity contribution in [2.75, 3.05) is 0 Å². The van der Waals surface area contributed by atoms with Crippen molar-refractivity contribution in [3.05, 3.63) is 81.6 Å². The molecular weight excluding hydrogens is 456 g/mol. The van der Waals surface area contributed by atoms with Crippen molar-refractivity contribution in [3.63, 3.8) is 0 Å². The lowest BCUT2D eigenvalue weighted by Crippen LogP contribution is -2.44. The van der Waals surface area contributed by atoms with Gasteiger partial charge in [0, 0.05) is 23.9 Å². The second-order valence-electron chi connectivity index (χ2n) is 9.10. The molecule has 3 aromatic rings. The fourth-order valence-corrected chi connectivity index (χ4v) is 5.84. The van der Waals surface area contributed by atoms with Crippen LogP contribution >= 0.6 is 0 Å². The minimum atomic E-state index is -4.66. The largest absolute Gasteiger partial charge is 0.464 e. The Morgan fingerprint density at radius 1 is 1.18 bits per heavy atom. The molecule has 3 aliphatic rings. The number of aromatic nitrogens is 1. The number of amides is 1. The van der Waals surface area contributed by atoms with Gasteiger partial charge >= 0.3 is 6.18 Å². The molecule has 1 saturated heterocycles. The van der Waals surface area contributed by atoms with Gasteiger partial charge in [0.05, 0.1) is 23.7 Å². The van der Waals surface area contributed by atoms with Crippen molar-refractivity contribution in [1.29, 1.82) is 0 Å². The molecule has 1 fully saturated rings. The number of allylic oxidation sites excluding steroid dienone is 2. The number of pyridine rings is 1. The van der Waals surface area contributed by atoms with E-state index in [1.807, 2.05) is 0 Å². The van der Waals surface area contributed by atoms with E-state index in [-0.39, 0.29) is 42.8 Å². The van der Waals surface area contributed by atoms with Gasteiger partial charge < -0.3 is 18.3 Å². The first-order valence-electron chi connectivity index (χ1n) is 10.7. The number of rotatable bonds is 2. The van der Waals surface area contributed by atoms with Crippen LogP contribution in [0.3, 0.4) is 0 Å². The van der Waals surface area contributed by atoms with E-state index in [1.165, 1.54) is 27.9 Å². The van der Waals surface area contributed by atoms with E-state index in [4.69, 9.17) is 8.83 Å². The van der Waals surface area contributed by atoms with E-state index in [1.54, 1.807) is 25.1 Å². The molecule has 10 heteroatoms. The normalized spacial score (nSPS) is 26.3. The van der Waals surface area contributed by atoms with Crippen molar-refractivity contribution in [1.82, 2.24) is 9.47 Å². The highest BCUT2D eigenvalue weighted by molar-refractivity contribution is 5.98. The zero-order valence-electron chi connectivity index (χ0n) is 17.9. The highest BCUT2D eigenvalue weighted by Crippen LogP contribution is 2.58. The Balaban J connectivity index is 1.54. The molecule has 2 atom stereocenters. The summed E-state index contributed by atoms with van der Waals surface area (Å²) in [4.78, 5) is 28.5. The lowest BCUT2D eigenvalue weighted by Gasteiger charge is -2.37. The third-order valence-electron chi connectivity index (χ3n) is 7.32. The van der Waals surface area contributed by atoms with Gasteiger partial charge in [-0.3, -0.25) is 9.59 Å². The summed E-state index contributed by atoms with van der Waals surface area (Å²) < 4.78 is 66.5. The van der Waals surface area contributed by atoms with Gasteiger partial charge in [0.2, 0.25) is 11.7 Å². The van der Waals surface area contributed by atoms with Gasteiger partial charge in [0.25, 0.3) is 5.56 Å². The van der Waals surface area contributed by atoms with Crippen molar-refractivity contribution in [2.24, 2.45) is 0 Å². The van der Waals surface area contributed by atoms with Gasteiger partial charge in [0.15, 0.2) is 0 Å². The molecule has 2 unspecified atom stereocenters. The monoisotopic (exact) mass is 474 g/mol. The average Bonchev–Trinajstić information content (AvgIpc) is 3.52. The summed E-state index contributed by atoms with van der Waals surface area (Å²) in [5.41, 5.74) is -2.12. The van der Waals surface area contributed by atoms with Crippen LogP contribution in [0.2, 0.25) is 0 Å². The molecule has 0 N–H and O–H groups in total. The number of alkyl halides is 3. The quantitative estimate of drug-likeness (QED) is 0.499. The fourth-order valence-electron chi connectivity index (χ4n) is 5.84. The fraction of sp³-hybridized carbons (Fsp3) is 0.333. The van der Waals surface area contributed by atoms with Crippen LogP contribution in [0.1, 0.15) is 37.0 Å². The van der Waals surface area contributed by atoms with Gasteiger partial charge in [-0.05, 0) is 44.0 Å². The number of carbonyl (C=O) groups excluding carboxylic acids is 1.